The number of hydrogen-bond acceptors (Lipinski definition) is 5. The zero-order valence-electron chi connectivity index (χ0n) is 11.8. The lowest BCUT2D eigenvalue weighted by atomic mass is 10.3. The zero-order valence-corrected chi connectivity index (χ0v) is 13.5. The van der Waals surface area contributed by atoms with Gasteiger partial charge in [-0.25, -0.2) is 8.42 Å². The predicted molar refractivity (Wildman–Crippen MR) is 77.9 cm³/mol. The van der Waals surface area contributed by atoms with Crippen molar-refractivity contribution in [1.82, 2.24) is 4.31 Å². The molecule has 1 aromatic rings. The lowest BCUT2D eigenvalue weighted by Crippen LogP contribution is -2.41. The van der Waals surface area contributed by atoms with Gasteiger partial charge in [0.1, 0.15) is 4.90 Å². The molecule has 5 nitrogen and oxygen atoms in total. The van der Waals surface area contributed by atoms with Crippen LogP contribution in [0.5, 0.6) is 0 Å². The van der Waals surface area contributed by atoms with Crippen LogP contribution in [-0.2, 0) is 21.3 Å². The minimum Gasteiger partial charge on any atom is -0.383 e. The first-order valence-corrected chi connectivity index (χ1v) is 8.49. The Kier molecular flexibility index (Phi) is 5.94. The summed E-state index contributed by atoms with van der Waals surface area (Å²) in [4.78, 5) is 1.07. The standard InChI is InChI=1S/C12H22N2O3S2/c1-5-14(10(3)7-17-4)19(15,16)12-9(2)8-18-11(12)6-13/h8,10H,5-7,13H2,1-4H3. The van der Waals surface area contributed by atoms with Crippen LogP contribution < -0.4 is 5.73 Å². The second kappa shape index (κ2) is 6.81. The summed E-state index contributed by atoms with van der Waals surface area (Å²) in [7, 11) is -1.95. The third-order valence-electron chi connectivity index (χ3n) is 2.95. The maximum absolute atomic E-state index is 12.8. The van der Waals surface area contributed by atoms with Gasteiger partial charge in [0.05, 0.1) is 6.61 Å². The Balaban J connectivity index is 3.24. The van der Waals surface area contributed by atoms with Crippen LogP contribution in [0, 0.1) is 6.92 Å². The van der Waals surface area contributed by atoms with Crippen LogP contribution in [0.15, 0.2) is 10.3 Å². The number of likely N-dealkylation sites (N-methyl/N-ethyl adjacent to an activating group) is 1. The van der Waals surface area contributed by atoms with Gasteiger partial charge in [-0.1, -0.05) is 6.92 Å². The van der Waals surface area contributed by atoms with Crippen LogP contribution in [0.4, 0.5) is 0 Å². The molecule has 0 fully saturated rings. The fraction of sp³-hybridized carbons (Fsp3) is 0.667. The van der Waals surface area contributed by atoms with Crippen LogP contribution >= 0.6 is 11.3 Å². The summed E-state index contributed by atoms with van der Waals surface area (Å²) in [6.07, 6.45) is 0. The number of thiophene rings is 1. The van der Waals surface area contributed by atoms with Gasteiger partial charge in [0, 0.05) is 31.1 Å². The fourth-order valence-electron chi connectivity index (χ4n) is 2.13. The van der Waals surface area contributed by atoms with Gasteiger partial charge in [-0.05, 0) is 24.8 Å². The minimum atomic E-state index is -3.52. The molecule has 2 N–H and O–H groups in total. The van der Waals surface area contributed by atoms with E-state index in [1.54, 1.807) is 14.0 Å². The van der Waals surface area contributed by atoms with Crippen LogP contribution in [0.25, 0.3) is 0 Å². The molecule has 19 heavy (non-hydrogen) atoms. The Morgan fingerprint density at radius 3 is 2.63 bits per heavy atom. The summed E-state index contributed by atoms with van der Waals surface area (Å²) >= 11 is 1.39. The van der Waals surface area contributed by atoms with E-state index in [0.29, 0.717) is 22.9 Å². The van der Waals surface area contributed by atoms with E-state index in [0.717, 1.165) is 5.56 Å². The van der Waals surface area contributed by atoms with E-state index in [-0.39, 0.29) is 12.6 Å². The van der Waals surface area contributed by atoms with Gasteiger partial charge < -0.3 is 10.5 Å². The van der Waals surface area contributed by atoms with E-state index >= 15 is 0 Å². The largest absolute Gasteiger partial charge is 0.383 e. The maximum atomic E-state index is 12.8. The van der Waals surface area contributed by atoms with E-state index in [9.17, 15) is 8.42 Å². The summed E-state index contributed by atoms with van der Waals surface area (Å²) in [5.74, 6) is 0. The highest BCUT2D eigenvalue weighted by Crippen LogP contribution is 2.30. The van der Waals surface area contributed by atoms with Crippen molar-refractivity contribution in [2.24, 2.45) is 5.73 Å². The highest BCUT2D eigenvalue weighted by Gasteiger charge is 2.31. The Hall–Kier alpha value is -0.470. The molecule has 0 saturated heterocycles. The van der Waals surface area contributed by atoms with E-state index < -0.39 is 10.0 Å². The molecule has 1 heterocycles. The molecule has 110 valence electrons. The van der Waals surface area contributed by atoms with Crippen molar-refractivity contribution in [2.45, 2.75) is 38.3 Å². The molecule has 0 amide bonds. The number of nitrogens with zero attached hydrogens (tertiary/aromatic N) is 1. The Bertz CT molecular complexity index is 511. The molecule has 0 spiro atoms. The molecule has 0 aliphatic rings. The first-order valence-electron chi connectivity index (χ1n) is 6.17. The molecule has 0 aliphatic heterocycles. The van der Waals surface area contributed by atoms with Crippen molar-refractivity contribution in [2.75, 3.05) is 20.3 Å². The molecule has 1 rings (SSSR count). The van der Waals surface area contributed by atoms with Crippen molar-refractivity contribution in [1.29, 1.82) is 0 Å². The van der Waals surface area contributed by atoms with Crippen molar-refractivity contribution < 1.29 is 13.2 Å². The van der Waals surface area contributed by atoms with Crippen molar-refractivity contribution in [3.05, 3.63) is 15.8 Å². The van der Waals surface area contributed by atoms with Crippen LogP contribution in [0.3, 0.4) is 0 Å². The first-order chi connectivity index (χ1) is 8.89. The molecule has 0 aromatic carbocycles. The van der Waals surface area contributed by atoms with Gasteiger partial charge in [-0.3, -0.25) is 0 Å². The molecule has 7 heteroatoms. The van der Waals surface area contributed by atoms with E-state index in [2.05, 4.69) is 0 Å². The van der Waals surface area contributed by atoms with Gasteiger partial charge in [-0.15, -0.1) is 11.3 Å². The molecule has 0 aliphatic carbocycles. The molecular formula is C12H22N2O3S2. The number of sulfonamides is 1. The summed E-state index contributed by atoms with van der Waals surface area (Å²) < 4.78 is 32.0. The third-order valence-corrected chi connectivity index (χ3v) is 6.53. The minimum absolute atomic E-state index is 0.204. The quantitative estimate of drug-likeness (QED) is 0.830. The summed E-state index contributed by atoms with van der Waals surface area (Å²) in [6, 6.07) is -0.204. The Morgan fingerprint density at radius 1 is 1.53 bits per heavy atom. The maximum Gasteiger partial charge on any atom is 0.244 e. The zero-order chi connectivity index (χ0) is 14.6. The normalized spacial score (nSPS) is 14.0. The summed E-state index contributed by atoms with van der Waals surface area (Å²) in [5, 5.41) is 1.84. The second-order valence-electron chi connectivity index (χ2n) is 4.39. The van der Waals surface area contributed by atoms with Crippen LogP contribution in [0.1, 0.15) is 24.3 Å². The SMILES string of the molecule is CCN(C(C)COC)S(=O)(=O)c1c(C)csc1CN. The highest BCUT2D eigenvalue weighted by molar-refractivity contribution is 7.89. The molecule has 1 aromatic heterocycles. The average molecular weight is 306 g/mol. The first kappa shape index (κ1) is 16.6. The lowest BCUT2D eigenvalue weighted by Gasteiger charge is -2.27. The summed E-state index contributed by atoms with van der Waals surface area (Å²) in [6.45, 7) is 6.49. The summed E-state index contributed by atoms with van der Waals surface area (Å²) in [5.41, 5.74) is 6.40. The average Bonchev–Trinajstić information content (AvgIpc) is 2.71. The van der Waals surface area contributed by atoms with Crippen LogP contribution in [-0.4, -0.2) is 39.0 Å². The molecule has 1 unspecified atom stereocenters. The monoisotopic (exact) mass is 306 g/mol. The molecule has 0 bridgehead atoms. The lowest BCUT2D eigenvalue weighted by molar-refractivity contribution is 0.142. The van der Waals surface area contributed by atoms with Gasteiger partial charge in [0.15, 0.2) is 0 Å². The van der Waals surface area contributed by atoms with Gasteiger partial charge in [0.2, 0.25) is 10.0 Å². The molecule has 1 atom stereocenters. The second-order valence-corrected chi connectivity index (χ2v) is 7.18. The van der Waals surface area contributed by atoms with Crippen molar-refractivity contribution >= 4 is 21.4 Å². The number of aryl methyl sites for hydroxylation is 1. The van der Waals surface area contributed by atoms with E-state index in [1.807, 2.05) is 19.2 Å². The molecule has 0 saturated carbocycles. The molecule has 0 radical (unpaired) electrons. The number of ether oxygens (including phenoxy) is 1. The third kappa shape index (κ3) is 3.35. The highest BCUT2D eigenvalue weighted by atomic mass is 32.2. The van der Waals surface area contributed by atoms with Crippen LogP contribution in [0.2, 0.25) is 0 Å². The van der Waals surface area contributed by atoms with Gasteiger partial charge in [-0.2, -0.15) is 4.31 Å². The fourth-order valence-corrected chi connectivity index (χ4v) is 5.42. The molecular weight excluding hydrogens is 284 g/mol. The van der Waals surface area contributed by atoms with Gasteiger partial charge in [0.25, 0.3) is 0 Å². The van der Waals surface area contributed by atoms with Gasteiger partial charge >= 0.3 is 0 Å². The predicted octanol–water partition coefficient (Wildman–Crippen LogP) is 1.56. The number of rotatable bonds is 7. The Morgan fingerprint density at radius 2 is 2.16 bits per heavy atom. The number of hydrogen-bond donors (Lipinski definition) is 1. The number of nitrogens with two attached hydrogens (primary N) is 1. The van der Waals surface area contributed by atoms with Crippen molar-refractivity contribution in [3.63, 3.8) is 0 Å². The van der Waals surface area contributed by atoms with Crippen molar-refractivity contribution in [3.8, 4) is 0 Å². The van der Waals surface area contributed by atoms with E-state index in [1.165, 1.54) is 15.6 Å². The van der Waals surface area contributed by atoms with E-state index in [4.69, 9.17) is 10.5 Å². The smallest absolute Gasteiger partial charge is 0.244 e. The topological polar surface area (TPSA) is 72.6 Å². The number of methoxy groups -OCH3 is 1. The Labute approximate surface area is 119 Å².